The molecule has 0 bridgehead atoms. The maximum Gasteiger partial charge on any atom is 0.0462 e. The summed E-state index contributed by atoms with van der Waals surface area (Å²) in [4.78, 5) is 0. The van der Waals surface area contributed by atoms with Gasteiger partial charge in [0.15, 0.2) is 0 Å². The topological polar surface area (TPSA) is 20.2 Å². The van der Waals surface area contributed by atoms with E-state index >= 15 is 0 Å². The van der Waals surface area contributed by atoms with E-state index in [9.17, 15) is 0 Å². The first kappa shape index (κ1) is 10.5. The van der Waals surface area contributed by atoms with Gasteiger partial charge >= 0.3 is 0 Å². The first-order chi connectivity index (χ1) is 6.85. The summed E-state index contributed by atoms with van der Waals surface area (Å²) in [5, 5.41) is 8.95. The second-order valence-corrected chi connectivity index (χ2v) is 5.43. The number of hydrogen-bond acceptors (Lipinski definition) is 1. The minimum atomic E-state index is 0.442. The van der Waals surface area contributed by atoms with Crippen LogP contribution in [0.25, 0.3) is 0 Å². The summed E-state index contributed by atoms with van der Waals surface area (Å²) in [6.45, 7) is 2.72. The first-order valence-electron chi connectivity index (χ1n) is 6.46. The van der Waals surface area contributed by atoms with Crippen molar-refractivity contribution in [3.8, 4) is 0 Å². The highest BCUT2D eigenvalue weighted by Gasteiger charge is 2.44. The first-order valence-corrected chi connectivity index (χ1v) is 6.46. The van der Waals surface area contributed by atoms with Gasteiger partial charge in [0.05, 0.1) is 0 Å². The lowest BCUT2D eigenvalue weighted by molar-refractivity contribution is 0.266. The largest absolute Gasteiger partial charge is 0.396 e. The van der Waals surface area contributed by atoms with E-state index in [1.807, 2.05) is 0 Å². The maximum absolute atomic E-state index is 8.95. The summed E-state index contributed by atoms with van der Waals surface area (Å²) in [5.74, 6) is 3.71. The summed E-state index contributed by atoms with van der Waals surface area (Å²) in [7, 11) is 0. The van der Waals surface area contributed by atoms with Crippen LogP contribution in [0, 0.1) is 23.7 Å². The fourth-order valence-electron chi connectivity index (χ4n) is 2.82. The Morgan fingerprint density at radius 1 is 1.00 bits per heavy atom. The third kappa shape index (κ3) is 2.73. The molecule has 1 unspecified atom stereocenters. The van der Waals surface area contributed by atoms with Gasteiger partial charge in [-0.3, -0.25) is 0 Å². The van der Waals surface area contributed by atoms with Crippen LogP contribution < -0.4 is 0 Å². The average molecular weight is 196 g/mol. The van der Waals surface area contributed by atoms with Crippen molar-refractivity contribution in [2.45, 2.75) is 51.9 Å². The molecule has 1 heteroatoms. The van der Waals surface area contributed by atoms with Gasteiger partial charge in [-0.15, -0.1) is 0 Å². The second kappa shape index (κ2) is 4.65. The van der Waals surface area contributed by atoms with Gasteiger partial charge in [0.25, 0.3) is 0 Å². The quantitative estimate of drug-likeness (QED) is 0.620. The molecule has 1 nitrogen and oxygen atoms in total. The Bertz CT molecular complexity index is 178. The zero-order chi connectivity index (χ0) is 9.97. The summed E-state index contributed by atoms with van der Waals surface area (Å²) < 4.78 is 0. The SMILES string of the molecule is CCCCC[C@@H]1CC1C[C@H]1C[C@H]1CO. The molecule has 0 heterocycles. The van der Waals surface area contributed by atoms with Gasteiger partial charge in [-0.25, -0.2) is 0 Å². The molecular formula is C13H24O. The predicted molar refractivity (Wildman–Crippen MR) is 59.0 cm³/mol. The molecule has 14 heavy (non-hydrogen) atoms. The molecule has 2 fully saturated rings. The molecule has 82 valence electrons. The monoisotopic (exact) mass is 196 g/mol. The van der Waals surface area contributed by atoms with Crippen molar-refractivity contribution < 1.29 is 5.11 Å². The van der Waals surface area contributed by atoms with E-state index in [0.717, 1.165) is 17.8 Å². The van der Waals surface area contributed by atoms with Gasteiger partial charge in [0.2, 0.25) is 0 Å². The van der Waals surface area contributed by atoms with E-state index in [-0.39, 0.29) is 0 Å². The number of hydrogen-bond donors (Lipinski definition) is 1. The predicted octanol–water partition coefficient (Wildman–Crippen LogP) is 3.22. The molecule has 0 spiro atoms. The molecule has 0 saturated heterocycles. The van der Waals surface area contributed by atoms with Crippen molar-refractivity contribution in [1.29, 1.82) is 0 Å². The van der Waals surface area contributed by atoms with Crippen molar-refractivity contribution in [3.63, 3.8) is 0 Å². The molecule has 0 aromatic rings. The molecule has 0 radical (unpaired) electrons. The zero-order valence-corrected chi connectivity index (χ0v) is 9.41. The Kier molecular flexibility index (Phi) is 3.48. The summed E-state index contributed by atoms with van der Waals surface area (Å²) >= 11 is 0. The molecule has 0 aliphatic heterocycles. The molecule has 0 amide bonds. The molecule has 2 rings (SSSR count). The highest BCUT2D eigenvalue weighted by molar-refractivity contribution is 4.94. The van der Waals surface area contributed by atoms with Gasteiger partial charge in [-0.2, -0.15) is 0 Å². The van der Waals surface area contributed by atoms with Crippen LogP contribution in [-0.2, 0) is 0 Å². The molecule has 4 atom stereocenters. The fourth-order valence-corrected chi connectivity index (χ4v) is 2.82. The Morgan fingerprint density at radius 2 is 1.71 bits per heavy atom. The Balaban J connectivity index is 1.50. The van der Waals surface area contributed by atoms with Gasteiger partial charge in [-0.1, -0.05) is 32.6 Å². The Labute approximate surface area is 87.9 Å². The van der Waals surface area contributed by atoms with E-state index < -0.39 is 0 Å². The zero-order valence-electron chi connectivity index (χ0n) is 9.41. The molecule has 0 aromatic heterocycles. The molecule has 2 saturated carbocycles. The van der Waals surface area contributed by atoms with Gasteiger partial charge in [-0.05, 0) is 42.9 Å². The van der Waals surface area contributed by atoms with Crippen LogP contribution in [0.3, 0.4) is 0 Å². The summed E-state index contributed by atoms with van der Waals surface area (Å²) in [6.07, 6.45) is 9.95. The number of aliphatic hydroxyl groups excluding tert-OH is 1. The number of rotatable bonds is 7. The molecular weight excluding hydrogens is 172 g/mol. The third-order valence-corrected chi connectivity index (χ3v) is 4.16. The normalized spacial score (nSPS) is 39.9. The van der Waals surface area contributed by atoms with E-state index in [0.29, 0.717) is 12.5 Å². The van der Waals surface area contributed by atoms with Crippen molar-refractivity contribution in [2.24, 2.45) is 23.7 Å². The fraction of sp³-hybridized carbons (Fsp3) is 1.00. The van der Waals surface area contributed by atoms with Crippen LogP contribution >= 0.6 is 0 Å². The highest BCUT2D eigenvalue weighted by Crippen LogP contribution is 2.53. The lowest BCUT2D eigenvalue weighted by Crippen LogP contribution is -1.91. The summed E-state index contributed by atoms with van der Waals surface area (Å²) in [5.41, 5.74) is 0. The van der Waals surface area contributed by atoms with Crippen LogP contribution in [0.5, 0.6) is 0 Å². The van der Waals surface area contributed by atoms with Crippen LogP contribution in [0.1, 0.15) is 51.9 Å². The highest BCUT2D eigenvalue weighted by atomic mass is 16.3. The van der Waals surface area contributed by atoms with Crippen molar-refractivity contribution in [1.82, 2.24) is 0 Å². The second-order valence-electron chi connectivity index (χ2n) is 5.43. The minimum absolute atomic E-state index is 0.442. The average Bonchev–Trinajstić information content (AvgIpc) is 3.06. The van der Waals surface area contributed by atoms with Crippen LogP contribution in [0.15, 0.2) is 0 Å². The molecule has 2 aliphatic rings. The van der Waals surface area contributed by atoms with Gasteiger partial charge < -0.3 is 5.11 Å². The Hall–Kier alpha value is -0.0400. The molecule has 1 N–H and O–H groups in total. The number of unbranched alkanes of at least 4 members (excludes halogenated alkanes) is 2. The third-order valence-electron chi connectivity index (χ3n) is 4.16. The van der Waals surface area contributed by atoms with E-state index in [4.69, 9.17) is 5.11 Å². The van der Waals surface area contributed by atoms with Crippen molar-refractivity contribution in [3.05, 3.63) is 0 Å². The van der Waals surface area contributed by atoms with E-state index in [2.05, 4.69) is 6.92 Å². The van der Waals surface area contributed by atoms with Crippen LogP contribution in [0.4, 0.5) is 0 Å². The minimum Gasteiger partial charge on any atom is -0.396 e. The van der Waals surface area contributed by atoms with Crippen molar-refractivity contribution >= 4 is 0 Å². The summed E-state index contributed by atoms with van der Waals surface area (Å²) in [6, 6.07) is 0. The van der Waals surface area contributed by atoms with Crippen LogP contribution in [0.2, 0.25) is 0 Å². The smallest absolute Gasteiger partial charge is 0.0462 e. The number of aliphatic hydroxyl groups is 1. The van der Waals surface area contributed by atoms with Gasteiger partial charge in [0, 0.05) is 6.61 Å². The van der Waals surface area contributed by atoms with Crippen LogP contribution in [-0.4, -0.2) is 11.7 Å². The van der Waals surface area contributed by atoms with Crippen molar-refractivity contribution in [2.75, 3.05) is 6.61 Å². The van der Waals surface area contributed by atoms with E-state index in [1.54, 1.807) is 0 Å². The van der Waals surface area contributed by atoms with E-state index in [1.165, 1.54) is 44.9 Å². The molecule has 2 aliphatic carbocycles. The standard InChI is InChI=1S/C13H24O/c1-2-3-4-5-10-6-11(10)7-12-8-13(12)9-14/h10-14H,2-9H2,1H3/t10-,11?,12+,13+/m1/s1. The lowest BCUT2D eigenvalue weighted by Gasteiger charge is -1.99. The molecule has 0 aromatic carbocycles. The van der Waals surface area contributed by atoms with Gasteiger partial charge in [0.1, 0.15) is 0 Å². The Morgan fingerprint density at radius 3 is 2.36 bits per heavy atom. The maximum atomic E-state index is 8.95. The lowest BCUT2D eigenvalue weighted by atomic mass is 10.1.